The molecule has 1 aliphatic rings. The number of nitrogens with two attached hydrogens (primary N) is 1. The molecule has 0 radical (unpaired) electrons. The van der Waals surface area contributed by atoms with Crippen molar-refractivity contribution in [1.82, 2.24) is 4.90 Å². The molecule has 0 unspecified atom stereocenters. The van der Waals surface area contributed by atoms with E-state index in [2.05, 4.69) is 9.73 Å². The summed E-state index contributed by atoms with van der Waals surface area (Å²) in [4.78, 5) is 6.23. The lowest BCUT2D eigenvalue weighted by atomic mass is 10.1. The first-order valence-electron chi connectivity index (χ1n) is 6.24. The highest BCUT2D eigenvalue weighted by Crippen LogP contribution is 2.20. The lowest BCUT2D eigenvalue weighted by Gasteiger charge is -2.31. The molecule has 1 aliphatic heterocycles. The zero-order chi connectivity index (χ0) is 13.7. The highest BCUT2D eigenvalue weighted by Gasteiger charge is 2.15. The third kappa shape index (κ3) is 3.81. The fourth-order valence-corrected chi connectivity index (χ4v) is 1.86. The molecular weight excluding hydrogens is 252 g/mol. The van der Waals surface area contributed by atoms with E-state index in [-0.39, 0.29) is 5.75 Å². The Morgan fingerprint density at radius 1 is 1.37 bits per heavy atom. The van der Waals surface area contributed by atoms with Crippen molar-refractivity contribution in [1.29, 1.82) is 0 Å². The molecule has 104 valence electrons. The number of aliphatic imine (C=N–C) groups is 1. The van der Waals surface area contributed by atoms with Crippen molar-refractivity contribution in [2.24, 2.45) is 10.7 Å². The van der Waals surface area contributed by atoms with Crippen molar-refractivity contribution in [3.63, 3.8) is 0 Å². The Hall–Kier alpha value is -1.85. The van der Waals surface area contributed by atoms with Gasteiger partial charge < -0.3 is 15.4 Å². The minimum absolute atomic E-state index is 0.204. The van der Waals surface area contributed by atoms with Crippen LogP contribution in [-0.2, 0) is 6.42 Å². The summed E-state index contributed by atoms with van der Waals surface area (Å²) < 4.78 is 28.9. The zero-order valence-corrected chi connectivity index (χ0v) is 10.6. The molecule has 0 aliphatic carbocycles. The van der Waals surface area contributed by atoms with Crippen LogP contribution >= 0.6 is 0 Å². The standard InChI is InChI=1S/C13H17F2N3O/c14-12(15)19-11-5-2-1-4-10(11)6-7-17-13(16)18-8-3-9-18/h1-2,4-5,12H,3,6-9H2,(H2,16,17). The Bertz CT molecular complexity index is 447. The van der Waals surface area contributed by atoms with Crippen LogP contribution in [0.25, 0.3) is 0 Å². The Balaban J connectivity index is 1.91. The first kappa shape index (κ1) is 13.6. The van der Waals surface area contributed by atoms with Crippen molar-refractivity contribution in [3.8, 4) is 5.75 Å². The second-order valence-electron chi connectivity index (χ2n) is 4.32. The van der Waals surface area contributed by atoms with Crippen molar-refractivity contribution in [2.75, 3.05) is 19.6 Å². The molecule has 0 spiro atoms. The number of rotatable bonds is 5. The van der Waals surface area contributed by atoms with Crippen LogP contribution in [0.3, 0.4) is 0 Å². The fraction of sp³-hybridized carbons (Fsp3) is 0.462. The molecule has 2 N–H and O–H groups in total. The van der Waals surface area contributed by atoms with Gasteiger partial charge in [-0.05, 0) is 24.5 Å². The van der Waals surface area contributed by atoms with Gasteiger partial charge in [0.25, 0.3) is 0 Å². The minimum atomic E-state index is -2.81. The topological polar surface area (TPSA) is 50.9 Å². The van der Waals surface area contributed by atoms with Gasteiger partial charge in [0, 0.05) is 19.6 Å². The molecule has 1 fully saturated rings. The third-order valence-corrected chi connectivity index (χ3v) is 3.02. The van der Waals surface area contributed by atoms with Crippen LogP contribution < -0.4 is 10.5 Å². The average Bonchev–Trinajstić information content (AvgIpc) is 2.28. The predicted octanol–water partition coefficient (Wildman–Crippen LogP) is 1.85. The van der Waals surface area contributed by atoms with E-state index < -0.39 is 6.61 Å². The van der Waals surface area contributed by atoms with E-state index in [0.717, 1.165) is 19.5 Å². The van der Waals surface area contributed by atoms with E-state index in [4.69, 9.17) is 5.73 Å². The Labute approximate surface area is 110 Å². The molecule has 19 heavy (non-hydrogen) atoms. The highest BCUT2D eigenvalue weighted by atomic mass is 19.3. The molecule has 1 heterocycles. The van der Waals surface area contributed by atoms with Gasteiger partial charge >= 0.3 is 6.61 Å². The largest absolute Gasteiger partial charge is 0.435 e. The van der Waals surface area contributed by atoms with E-state index in [1.54, 1.807) is 18.2 Å². The first-order valence-corrected chi connectivity index (χ1v) is 6.24. The summed E-state index contributed by atoms with van der Waals surface area (Å²) >= 11 is 0. The highest BCUT2D eigenvalue weighted by molar-refractivity contribution is 5.78. The van der Waals surface area contributed by atoms with E-state index in [1.165, 1.54) is 6.07 Å². The van der Waals surface area contributed by atoms with Gasteiger partial charge in [-0.1, -0.05) is 18.2 Å². The summed E-state index contributed by atoms with van der Waals surface area (Å²) in [6.45, 7) is -0.455. The maximum Gasteiger partial charge on any atom is 0.387 e. The minimum Gasteiger partial charge on any atom is -0.435 e. The van der Waals surface area contributed by atoms with Crippen LogP contribution in [0.1, 0.15) is 12.0 Å². The Kier molecular flexibility index (Phi) is 4.54. The second kappa shape index (κ2) is 6.36. The maximum atomic E-state index is 12.2. The fourth-order valence-electron chi connectivity index (χ4n) is 1.86. The molecule has 0 saturated carbocycles. The number of ether oxygens (including phenoxy) is 1. The number of likely N-dealkylation sites (tertiary alicyclic amines) is 1. The number of alkyl halides is 2. The van der Waals surface area contributed by atoms with Gasteiger partial charge in [0.05, 0.1) is 0 Å². The van der Waals surface area contributed by atoms with Gasteiger partial charge in [0.15, 0.2) is 5.96 Å². The molecule has 1 aromatic rings. The van der Waals surface area contributed by atoms with Crippen molar-refractivity contribution >= 4 is 5.96 Å². The number of nitrogens with zero attached hydrogens (tertiary/aromatic N) is 2. The summed E-state index contributed by atoms with van der Waals surface area (Å²) in [5, 5.41) is 0. The molecule has 1 saturated heterocycles. The van der Waals surface area contributed by atoms with E-state index >= 15 is 0 Å². The van der Waals surface area contributed by atoms with Gasteiger partial charge in [-0.2, -0.15) is 8.78 Å². The smallest absolute Gasteiger partial charge is 0.387 e. The Morgan fingerprint density at radius 3 is 2.74 bits per heavy atom. The number of benzene rings is 1. The average molecular weight is 269 g/mol. The summed E-state index contributed by atoms with van der Waals surface area (Å²) in [5.74, 6) is 0.730. The molecule has 0 amide bonds. The molecule has 0 atom stereocenters. The van der Waals surface area contributed by atoms with Crippen molar-refractivity contribution < 1.29 is 13.5 Å². The number of para-hydroxylation sites is 1. The van der Waals surface area contributed by atoms with E-state index in [1.807, 2.05) is 4.90 Å². The second-order valence-corrected chi connectivity index (χ2v) is 4.32. The summed E-state index contributed by atoms with van der Waals surface area (Å²) in [5.41, 5.74) is 6.50. The molecule has 4 nitrogen and oxygen atoms in total. The molecule has 1 aromatic carbocycles. The quantitative estimate of drug-likeness (QED) is 0.655. The first-order chi connectivity index (χ1) is 9.16. The molecule has 6 heteroatoms. The van der Waals surface area contributed by atoms with Crippen LogP contribution in [0.4, 0.5) is 8.78 Å². The van der Waals surface area contributed by atoms with E-state index in [0.29, 0.717) is 24.5 Å². The monoisotopic (exact) mass is 269 g/mol. The Morgan fingerprint density at radius 2 is 2.11 bits per heavy atom. The summed E-state index contributed by atoms with van der Waals surface area (Å²) in [6.07, 6.45) is 1.67. The van der Waals surface area contributed by atoms with Gasteiger partial charge in [0.1, 0.15) is 5.75 Å². The van der Waals surface area contributed by atoms with Gasteiger partial charge in [-0.15, -0.1) is 0 Å². The van der Waals surface area contributed by atoms with Gasteiger partial charge in [0.2, 0.25) is 0 Å². The van der Waals surface area contributed by atoms with Crippen LogP contribution in [0.15, 0.2) is 29.3 Å². The van der Waals surface area contributed by atoms with Crippen molar-refractivity contribution in [2.45, 2.75) is 19.5 Å². The van der Waals surface area contributed by atoms with Gasteiger partial charge in [-0.25, -0.2) is 0 Å². The van der Waals surface area contributed by atoms with E-state index in [9.17, 15) is 8.78 Å². The SMILES string of the molecule is NC(=NCCc1ccccc1OC(F)F)N1CCC1. The number of hydrogen-bond acceptors (Lipinski definition) is 2. The van der Waals surface area contributed by atoms with Crippen molar-refractivity contribution in [3.05, 3.63) is 29.8 Å². The van der Waals surface area contributed by atoms with Crippen LogP contribution in [0.5, 0.6) is 5.75 Å². The third-order valence-electron chi connectivity index (χ3n) is 3.02. The molecular formula is C13H17F2N3O. The van der Waals surface area contributed by atoms with Gasteiger partial charge in [-0.3, -0.25) is 4.99 Å². The van der Waals surface area contributed by atoms with Crippen LogP contribution in [-0.4, -0.2) is 37.1 Å². The predicted molar refractivity (Wildman–Crippen MR) is 69.5 cm³/mol. The zero-order valence-electron chi connectivity index (χ0n) is 10.6. The normalized spacial score (nSPS) is 15.5. The lowest BCUT2D eigenvalue weighted by Crippen LogP contribution is -2.46. The maximum absolute atomic E-state index is 12.2. The number of halogens is 2. The summed E-state index contributed by atoms with van der Waals surface area (Å²) in [7, 11) is 0. The lowest BCUT2D eigenvalue weighted by molar-refractivity contribution is -0.0504. The number of hydrogen-bond donors (Lipinski definition) is 1. The molecule has 0 bridgehead atoms. The van der Waals surface area contributed by atoms with Crippen LogP contribution in [0, 0.1) is 0 Å². The van der Waals surface area contributed by atoms with Crippen LogP contribution in [0.2, 0.25) is 0 Å². The molecule has 0 aromatic heterocycles. The summed E-state index contributed by atoms with van der Waals surface area (Å²) in [6, 6.07) is 6.74. The number of guanidine groups is 1. The molecule has 2 rings (SSSR count).